The van der Waals surface area contributed by atoms with E-state index in [1.165, 1.54) is 186 Å². The van der Waals surface area contributed by atoms with Crippen LogP contribution >= 0.6 is 15.6 Å². The first-order valence-electron chi connectivity index (χ1n) is 39.7. The third kappa shape index (κ3) is 69.2. The number of hydrogen-bond acceptors (Lipinski definition) is 15. The van der Waals surface area contributed by atoms with Gasteiger partial charge in [-0.15, -0.1) is 0 Å². The fraction of sp³-hybridized carbons (Fsp3) is 0.948. The summed E-state index contributed by atoms with van der Waals surface area (Å²) in [6.45, 7) is 14.2. The monoisotopic (exact) mass is 1410 g/mol. The van der Waals surface area contributed by atoms with E-state index in [1.54, 1.807) is 0 Å². The maximum Gasteiger partial charge on any atom is 0.472 e. The molecule has 0 saturated heterocycles. The molecule has 0 rings (SSSR count). The highest BCUT2D eigenvalue weighted by Gasteiger charge is 2.30. The summed E-state index contributed by atoms with van der Waals surface area (Å²) in [6.07, 6.45) is 51.5. The maximum absolute atomic E-state index is 13.1. The molecular formula is C77H150O17P2. The molecule has 6 atom stereocenters. The Kier molecular flexibility index (Phi) is 65.0. The second-order valence-electron chi connectivity index (χ2n) is 29.4. The Hall–Kier alpha value is -1.94. The van der Waals surface area contributed by atoms with Crippen molar-refractivity contribution in [2.45, 2.75) is 408 Å². The average molecular weight is 1410 g/mol. The van der Waals surface area contributed by atoms with Crippen molar-refractivity contribution in [3.63, 3.8) is 0 Å². The molecule has 0 aromatic heterocycles. The summed E-state index contributed by atoms with van der Waals surface area (Å²) in [6, 6.07) is 0. The molecule has 0 aromatic carbocycles. The quantitative estimate of drug-likeness (QED) is 0.0222. The zero-order chi connectivity index (χ0) is 71.0. The zero-order valence-electron chi connectivity index (χ0n) is 63.0. The lowest BCUT2D eigenvalue weighted by Gasteiger charge is -2.21. The van der Waals surface area contributed by atoms with Gasteiger partial charge in [0.25, 0.3) is 0 Å². The number of carbonyl (C=O) groups is 4. The van der Waals surface area contributed by atoms with E-state index in [0.717, 1.165) is 114 Å². The second kappa shape index (κ2) is 66.3. The minimum atomic E-state index is -4.96. The highest BCUT2D eigenvalue weighted by molar-refractivity contribution is 7.47. The maximum atomic E-state index is 13.1. The van der Waals surface area contributed by atoms with Crippen LogP contribution < -0.4 is 0 Å². The molecule has 0 aliphatic rings. The van der Waals surface area contributed by atoms with Crippen molar-refractivity contribution >= 4 is 39.5 Å². The van der Waals surface area contributed by atoms with Gasteiger partial charge < -0.3 is 33.8 Å². The minimum absolute atomic E-state index is 0.105. The van der Waals surface area contributed by atoms with Crippen LogP contribution in [0, 0.1) is 23.7 Å². The van der Waals surface area contributed by atoms with E-state index in [1.807, 2.05) is 0 Å². The standard InChI is InChI=1S/C77H150O17P2/c1-9-70(8)56-48-40-32-26-27-33-41-49-57-74(79)87-63-72(93-77(82)60-52-44-35-25-21-20-23-30-38-46-54-68(4)5)65-91-95(83,84)89-61-71(78)62-90-96(85,86)92-66-73(64-88-75(80)58-50-42-36-28-31-39-47-55-69(6)7)94-76(81)59-51-43-34-24-19-17-15-13-11-10-12-14-16-18-22-29-37-45-53-67(2)3/h67-73,78H,9-66H2,1-8H3,(H,83,84)(H,85,86)/t70?,71?,72-,73-/m1/s1. The number of esters is 4. The first-order valence-corrected chi connectivity index (χ1v) is 42.7. The van der Waals surface area contributed by atoms with Crippen molar-refractivity contribution in [2.24, 2.45) is 23.7 Å². The van der Waals surface area contributed by atoms with Gasteiger partial charge in [-0.3, -0.25) is 37.3 Å². The highest BCUT2D eigenvalue weighted by atomic mass is 31.2. The lowest BCUT2D eigenvalue weighted by Crippen LogP contribution is -2.30. The summed E-state index contributed by atoms with van der Waals surface area (Å²) in [5.74, 6) is 0.933. The summed E-state index contributed by atoms with van der Waals surface area (Å²) < 4.78 is 68.5. The largest absolute Gasteiger partial charge is 0.472 e. The minimum Gasteiger partial charge on any atom is -0.462 e. The van der Waals surface area contributed by atoms with Crippen molar-refractivity contribution in [1.82, 2.24) is 0 Å². The van der Waals surface area contributed by atoms with Crippen molar-refractivity contribution < 1.29 is 80.2 Å². The fourth-order valence-electron chi connectivity index (χ4n) is 11.7. The van der Waals surface area contributed by atoms with E-state index in [0.29, 0.717) is 31.6 Å². The molecule has 0 aromatic rings. The molecular weight excluding hydrogens is 1260 g/mol. The molecule has 4 unspecified atom stereocenters. The van der Waals surface area contributed by atoms with Crippen molar-refractivity contribution in [3.05, 3.63) is 0 Å². The number of rotatable bonds is 74. The number of carbonyl (C=O) groups excluding carboxylic acids is 4. The molecule has 0 aliphatic carbocycles. The van der Waals surface area contributed by atoms with Crippen LogP contribution in [-0.2, 0) is 65.4 Å². The van der Waals surface area contributed by atoms with Crippen molar-refractivity contribution in [1.29, 1.82) is 0 Å². The first-order chi connectivity index (χ1) is 46.1. The molecule has 570 valence electrons. The summed E-state index contributed by atoms with van der Waals surface area (Å²) in [5, 5.41) is 10.6. The van der Waals surface area contributed by atoms with Crippen LogP contribution in [0.25, 0.3) is 0 Å². The SMILES string of the molecule is CCC(C)CCCCCCCCCCC(=O)OC[C@H](COP(=O)(O)OCC(O)COP(=O)(O)OC[C@@H](COC(=O)CCCCCCCCCC(C)C)OC(=O)CCCCCCCCCCCCCCCCCCCCC(C)C)OC(=O)CCCCCCCCCCCCC(C)C. The van der Waals surface area contributed by atoms with E-state index in [9.17, 15) is 43.2 Å². The zero-order valence-corrected chi connectivity index (χ0v) is 64.8. The van der Waals surface area contributed by atoms with E-state index >= 15 is 0 Å². The molecule has 0 heterocycles. The van der Waals surface area contributed by atoms with Gasteiger partial charge >= 0.3 is 39.5 Å². The highest BCUT2D eigenvalue weighted by Crippen LogP contribution is 2.45. The Morgan fingerprint density at radius 1 is 0.292 bits per heavy atom. The van der Waals surface area contributed by atoms with E-state index < -0.39 is 97.5 Å². The third-order valence-electron chi connectivity index (χ3n) is 18.2. The van der Waals surface area contributed by atoms with E-state index in [-0.39, 0.29) is 25.7 Å². The van der Waals surface area contributed by atoms with Crippen LogP contribution in [0.4, 0.5) is 0 Å². The Morgan fingerprint density at radius 3 is 0.740 bits per heavy atom. The van der Waals surface area contributed by atoms with Gasteiger partial charge in [-0.05, 0) is 49.4 Å². The van der Waals surface area contributed by atoms with Gasteiger partial charge in [0.1, 0.15) is 19.3 Å². The van der Waals surface area contributed by atoms with E-state index in [2.05, 4.69) is 55.4 Å². The number of phosphoric acid groups is 2. The van der Waals surface area contributed by atoms with Gasteiger partial charge in [-0.25, -0.2) is 9.13 Å². The number of aliphatic hydroxyl groups excluding tert-OH is 1. The van der Waals surface area contributed by atoms with Crippen LogP contribution in [0.2, 0.25) is 0 Å². The van der Waals surface area contributed by atoms with Gasteiger partial charge in [0.2, 0.25) is 0 Å². The summed E-state index contributed by atoms with van der Waals surface area (Å²) in [5.41, 5.74) is 0. The summed E-state index contributed by atoms with van der Waals surface area (Å²) in [4.78, 5) is 72.8. The Balaban J connectivity index is 5.20. The van der Waals surface area contributed by atoms with Crippen LogP contribution in [0.5, 0.6) is 0 Å². The molecule has 0 aliphatic heterocycles. The van der Waals surface area contributed by atoms with Gasteiger partial charge in [-0.2, -0.15) is 0 Å². The molecule has 96 heavy (non-hydrogen) atoms. The molecule has 0 amide bonds. The predicted molar refractivity (Wildman–Crippen MR) is 391 cm³/mol. The fourth-order valence-corrected chi connectivity index (χ4v) is 13.3. The van der Waals surface area contributed by atoms with Crippen molar-refractivity contribution in [2.75, 3.05) is 39.6 Å². The van der Waals surface area contributed by atoms with Crippen LogP contribution in [-0.4, -0.2) is 96.7 Å². The normalized spacial score (nSPS) is 14.4. The molecule has 19 heteroatoms. The van der Waals surface area contributed by atoms with Gasteiger partial charge in [-0.1, -0.05) is 338 Å². The number of aliphatic hydroxyl groups is 1. The molecule has 3 N–H and O–H groups in total. The van der Waals surface area contributed by atoms with Crippen molar-refractivity contribution in [3.8, 4) is 0 Å². The Morgan fingerprint density at radius 2 is 0.500 bits per heavy atom. The molecule has 17 nitrogen and oxygen atoms in total. The predicted octanol–water partition coefficient (Wildman–Crippen LogP) is 22.4. The lowest BCUT2D eigenvalue weighted by molar-refractivity contribution is -0.161. The number of hydrogen-bond donors (Lipinski definition) is 3. The molecule has 0 spiro atoms. The molecule has 0 fully saturated rings. The van der Waals surface area contributed by atoms with Crippen LogP contribution in [0.1, 0.15) is 389 Å². The summed E-state index contributed by atoms with van der Waals surface area (Å²) >= 11 is 0. The number of ether oxygens (including phenoxy) is 4. The number of unbranched alkanes of at least 4 members (excludes halogenated alkanes) is 39. The van der Waals surface area contributed by atoms with Crippen LogP contribution in [0.3, 0.4) is 0 Å². The molecule has 0 radical (unpaired) electrons. The second-order valence-corrected chi connectivity index (χ2v) is 32.3. The third-order valence-corrected chi connectivity index (χ3v) is 20.1. The topological polar surface area (TPSA) is 237 Å². The van der Waals surface area contributed by atoms with Gasteiger partial charge in [0.15, 0.2) is 12.2 Å². The average Bonchev–Trinajstić information content (AvgIpc) is 1.70. The Bertz CT molecular complexity index is 1890. The van der Waals surface area contributed by atoms with Gasteiger partial charge in [0.05, 0.1) is 26.4 Å². The molecule has 0 bridgehead atoms. The first kappa shape index (κ1) is 94.1. The van der Waals surface area contributed by atoms with Gasteiger partial charge in [0, 0.05) is 25.7 Å². The lowest BCUT2D eigenvalue weighted by atomic mass is 9.99. The van der Waals surface area contributed by atoms with Crippen LogP contribution in [0.15, 0.2) is 0 Å². The summed E-state index contributed by atoms with van der Waals surface area (Å²) in [7, 11) is -9.91. The van der Waals surface area contributed by atoms with E-state index in [4.69, 9.17) is 37.0 Å². The smallest absolute Gasteiger partial charge is 0.462 e. The number of phosphoric ester groups is 2. The Labute approximate surface area is 588 Å². The molecule has 0 saturated carbocycles.